The van der Waals surface area contributed by atoms with Crippen LogP contribution in [0.4, 0.5) is 0 Å². The second-order valence-corrected chi connectivity index (χ2v) is 7.30. The minimum atomic E-state index is -0.000363. The molecule has 1 aliphatic heterocycles. The maximum atomic E-state index is 12.8. The van der Waals surface area contributed by atoms with Gasteiger partial charge >= 0.3 is 0 Å². The third kappa shape index (κ3) is 4.27. The largest absolute Gasteiger partial charge is 0.332 e. The molecule has 1 aliphatic rings. The highest BCUT2D eigenvalue weighted by Crippen LogP contribution is 2.30. The van der Waals surface area contributed by atoms with Crippen molar-refractivity contribution in [1.29, 1.82) is 0 Å². The van der Waals surface area contributed by atoms with Gasteiger partial charge in [-0.2, -0.15) is 5.10 Å². The highest BCUT2D eigenvalue weighted by Gasteiger charge is 2.31. The Morgan fingerprint density at radius 2 is 2.19 bits per heavy atom. The average molecular weight is 356 g/mol. The van der Waals surface area contributed by atoms with Gasteiger partial charge in [-0.05, 0) is 51.9 Å². The Kier molecular flexibility index (Phi) is 5.66. The maximum absolute atomic E-state index is 12.8. The second-order valence-electron chi connectivity index (χ2n) is 7.30. The molecule has 0 aliphatic carbocycles. The monoisotopic (exact) mass is 356 g/mol. The summed E-state index contributed by atoms with van der Waals surface area (Å²) in [6.45, 7) is 3.55. The third-order valence-electron chi connectivity index (χ3n) is 4.80. The number of hydrogen-bond donors (Lipinski definition) is 0. The van der Waals surface area contributed by atoms with Gasteiger partial charge in [-0.1, -0.05) is 0 Å². The van der Waals surface area contributed by atoms with E-state index in [1.807, 2.05) is 45.2 Å². The van der Waals surface area contributed by atoms with E-state index >= 15 is 0 Å². The van der Waals surface area contributed by atoms with Gasteiger partial charge < -0.3 is 9.80 Å². The summed E-state index contributed by atoms with van der Waals surface area (Å²) in [6.07, 6.45) is 6.97. The lowest BCUT2D eigenvalue weighted by atomic mass is 10.1. The van der Waals surface area contributed by atoms with E-state index in [4.69, 9.17) is 4.98 Å². The molecule has 1 amide bonds. The van der Waals surface area contributed by atoms with Crippen LogP contribution < -0.4 is 0 Å². The minimum absolute atomic E-state index is 0.000363. The SMILES string of the molecule is Cc1nn(C)cc1CCC(=O)N1CCC[C@@H]1c1nccc(CN(C)C)n1. The van der Waals surface area contributed by atoms with Crippen LogP contribution in [0.2, 0.25) is 0 Å². The van der Waals surface area contributed by atoms with Crippen LogP contribution in [0, 0.1) is 6.92 Å². The first-order valence-corrected chi connectivity index (χ1v) is 9.19. The van der Waals surface area contributed by atoms with E-state index in [9.17, 15) is 4.79 Å². The van der Waals surface area contributed by atoms with Crippen LogP contribution in [0.25, 0.3) is 0 Å². The predicted molar refractivity (Wildman–Crippen MR) is 99.4 cm³/mol. The molecule has 3 rings (SSSR count). The molecule has 2 aromatic rings. The smallest absolute Gasteiger partial charge is 0.223 e. The van der Waals surface area contributed by atoms with Crippen LogP contribution in [0.5, 0.6) is 0 Å². The van der Waals surface area contributed by atoms with E-state index in [2.05, 4.69) is 15.0 Å². The number of aromatic nitrogens is 4. The Morgan fingerprint density at radius 1 is 1.38 bits per heavy atom. The molecule has 2 aromatic heterocycles. The van der Waals surface area contributed by atoms with Gasteiger partial charge in [0.15, 0.2) is 5.82 Å². The zero-order valence-corrected chi connectivity index (χ0v) is 16.1. The second kappa shape index (κ2) is 7.95. The number of aryl methyl sites for hydroxylation is 3. The first kappa shape index (κ1) is 18.5. The molecule has 140 valence electrons. The molecular formula is C19H28N6O. The zero-order valence-electron chi connectivity index (χ0n) is 16.1. The number of amides is 1. The van der Waals surface area contributed by atoms with Crippen LogP contribution in [0.15, 0.2) is 18.5 Å². The van der Waals surface area contributed by atoms with Gasteiger partial charge in [-0.15, -0.1) is 0 Å². The molecule has 7 nitrogen and oxygen atoms in total. The zero-order chi connectivity index (χ0) is 18.7. The molecule has 0 radical (unpaired) electrons. The Balaban J connectivity index is 1.67. The molecule has 1 atom stereocenters. The molecule has 0 N–H and O–H groups in total. The molecule has 26 heavy (non-hydrogen) atoms. The molecule has 0 aromatic carbocycles. The fourth-order valence-corrected chi connectivity index (χ4v) is 3.60. The van der Waals surface area contributed by atoms with Crippen LogP contribution in [0.1, 0.15) is 48.1 Å². The first-order chi connectivity index (χ1) is 12.4. The standard InChI is InChI=1S/C19H28N6O/c1-14-15(12-24(4)22-14)7-8-18(26)25-11-5-6-17(25)19-20-10-9-16(21-19)13-23(2)3/h9-10,12,17H,5-8,11,13H2,1-4H3/t17-/m1/s1. The highest BCUT2D eigenvalue weighted by atomic mass is 16.2. The van der Waals surface area contributed by atoms with E-state index in [0.29, 0.717) is 6.42 Å². The predicted octanol–water partition coefficient (Wildman–Crippen LogP) is 1.88. The summed E-state index contributed by atoms with van der Waals surface area (Å²) in [5.74, 6) is 0.949. The van der Waals surface area contributed by atoms with Crippen LogP contribution >= 0.6 is 0 Å². The number of hydrogen-bond acceptors (Lipinski definition) is 5. The molecule has 0 spiro atoms. The van der Waals surface area contributed by atoms with Crippen molar-refractivity contribution in [3.05, 3.63) is 41.2 Å². The van der Waals surface area contributed by atoms with Crippen molar-refractivity contribution in [2.24, 2.45) is 7.05 Å². The lowest BCUT2D eigenvalue weighted by Crippen LogP contribution is -2.31. The van der Waals surface area contributed by atoms with Crippen molar-refractivity contribution in [2.45, 2.75) is 45.2 Å². The van der Waals surface area contributed by atoms with Gasteiger partial charge in [0.25, 0.3) is 0 Å². The maximum Gasteiger partial charge on any atom is 0.223 e. The van der Waals surface area contributed by atoms with Crippen molar-refractivity contribution in [1.82, 2.24) is 29.5 Å². The molecule has 7 heteroatoms. The van der Waals surface area contributed by atoms with Gasteiger partial charge in [0, 0.05) is 39.0 Å². The summed E-state index contributed by atoms with van der Waals surface area (Å²) in [5.41, 5.74) is 3.13. The molecule has 0 unspecified atom stereocenters. The highest BCUT2D eigenvalue weighted by molar-refractivity contribution is 5.77. The summed E-state index contributed by atoms with van der Waals surface area (Å²) in [6, 6.07) is 1.94. The Morgan fingerprint density at radius 3 is 2.88 bits per heavy atom. The van der Waals surface area contributed by atoms with Gasteiger partial charge in [-0.25, -0.2) is 9.97 Å². The summed E-state index contributed by atoms with van der Waals surface area (Å²) in [5, 5.41) is 4.35. The van der Waals surface area contributed by atoms with Gasteiger partial charge in [-0.3, -0.25) is 9.48 Å². The lowest BCUT2D eigenvalue weighted by Gasteiger charge is -2.24. The quantitative estimate of drug-likeness (QED) is 0.790. The summed E-state index contributed by atoms with van der Waals surface area (Å²) >= 11 is 0. The Labute approximate surface area is 155 Å². The van der Waals surface area contributed by atoms with E-state index in [1.54, 1.807) is 10.9 Å². The molecule has 0 bridgehead atoms. The average Bonchev–Trinajstić information content (AvgIpc) is 3.18. The molecule has 1 fully saturated rings. The van der Waals surface area contributed by atoms with Crippen LogP contribution in [-0.2, 0) is 24.8 Å². The first-order valence-electron chi connectivity index (χ1n) is 9.19. The number of likely N-dealkylation sites (tertiary alicyclic amines) is 1. The van der Waals surface area contributed by atoms with Crippen LogP contribution in [-0.4, -0.2) is 56.1 Å². The van der Waals surface area contributed by atoms with Crippen molar-refractivity contribution in [3.8, 4) is 0 Å². The van der Waals surface area contributed by atoms with Gasteiger partial charge in [0.05, 0.1) is 17.4 Å². The van der Waals surface area contributed by atoms with Crippen molar-refractivity contribution < 1.29 is 4.79 Å². The molecule has 0 saturated carbocycles. The molecule has 3 heterocycles. The lowest BCUT2D eigenvalue weighted by molar-refractivity contribution is -0.132. The summed E-state index contributed by atoms with van der Waals surface area (Å²) in [7, 11) is 5.95. The van der Waals surface area contributed by atoms with E-state index in [-0.39, 0.29) is 11.9 Å². The van der Waals surface area contributed by atoms with Gasteiger partial charge in [0.2, 0.25) is 5.91 Å². The third-order valence-corrected chi connectivity index (χ3v) is 4.80. The van der Waals surface area contributed by atoms with Gasteiger partial charge in [0.1, 0.15) is 0 Å². The molecule has 1 saturated heterocycles. The van der Waals surface area contributed by atoms with Crippen LogP contribution in [0.3, 0.4) is 0 Å². The summed E-state index contributed by atoms with van der Waals surface area (Å²) < 4.78 is 1.80. The number of carbonyl (C=O) groups excluding carboxylic acids is 1. The normalized spacial score (nSPS) is 17.3. The number of nitrogens with zero attached hydrogens (tertiary/aromatic N) is 6. The van der Waals surface area contributed by atoms with E-state index in [0.717, 1.165) is 55.1 Å². The Hall–Kier alpha value is -2.28. The van der Waals surface area contributed by atoms with E-state index in [1.165, 1.54) is 0 Å². The van der Waals surface area contributed by atoms with Crippen molar-refractivity contribution >= 4 is 5.91 Å². The number of carbonyl (C=O) groups is 1. The van der Waals surface area contributed by atoms with Crippen molar-refractivity contribution in [2.75, 3.05) is 20.6 Å². The Bertz CT molecular complexity index is 769. The topological polar surface area (TPSA) is 67.2 Å². The van der Waals surface area contributed by atoms with E-state index < -0.39 is 0 Å². The fourth-order valence-electron chi connectivity index (χ4n) is 3.60. The fraction of sp³-hybridized carbons (Fsp3) is 0.579. The van der Waals surface area contributed by atoms with Crippen molar-refractivity contribution in [3.63, 3.8) is 0 Å². The minimum Gasteiger partial charge on any atom is -0.332 e. The summed E-state index contributed by atoms with van der Waals surface area (Å²) in [4.78, 5) is 26.0. The molecular weight excluding hydrogens is 328 g/mol. The number of rotatable bonds is 6.